The largest absolute Gasteiger partial charge is 0.484 e. The molecule has 1 aliphatic rings. The van der Waals surface area contributed by atoms with Gasteiger partial charge in [0.05, 0.1) is 12.2 Å². The van der Waals surface area contributed by atoms with Crippen LogP contribution in [0.2, 0.25) is 0 Å². The van der Waals surface area contributed by atoms with Crippen LogP contribution < -0.4 is 15.0 Å². The van der Waals surface area contributed by atoms with E-state index in [0.29, 0.717) is 18.2 Å². The lowest BCUT2D eigenvalue weighted by Gasteiger charge is -2.26. The summed E-state index contributed by atoms with van der Waals surface area (Å²) in [5, 5.41) is 2.76. The number of rotatable bonds is 6. The van der Waals surface area contributed by atoms with Gasteiger partial charge in [0.15, 0.2) is 6.61 Å². The minimum atomic E-state index is -0.343. The molecule has 7 heteroatoms. The van der Waals surface area contributed by atoms with E-state index in [2.05, 4.69) is 20.2 Å². The van der Waals surface area contributed by atoms with Crippen molar-refractivity contribution in [3.05, 3.63) is 48.0 Å². The maximum atomic E-state index is 12.8. The number of anilines is 1. The van der Waals surface area contributed by atoms with Crippen LogP contribution >= 0.6 is 0 Å². The van der Waals surface area contributed by atoms with Gasteiger partial charge in [-0.05, 0) is 49.6 Å². The number of ether oxygens (including phenoxy) is 1. The Balaban J connectivity index is 1.47. The van der Waals surface area contributed by atoms with Crippen LogP contribution in [0.4, 0.5) is 10.3 Å². The first-order valence-corrected chi connectivity index (χ1v) is 8.43. The van der Waals surface area contributed by atoms with Gasteiger partial charge >= 0.3 is 0 Å². The summed E-state index contributed by atoms with van der Waals surface area (Å²) in [6, 6.07) is 7.33. The van der Waals surface area contributed by atoms with Crippen molar-refractivity contribution in [1.29, 1.82) is 0 Å². The first-order chi connectivity index (χ1) is 12.2. The fourth-order valence-electron chi connectivity index (χ4n) is 2.65. The Bertz CT molecular complexity index is 702. The van der Waals surface area contributed by atoms with Gasteiger partial charge in [-0.1, -0.05) is 0 Å². The lowest BCUT2D eigenvalue weighted by atomic mass is 10.1. The summed E-state index contributed by atoms with van der Waals surface area (Å²) in [4.78, 5) is 22.9. The highest BCUT2D eigenvalue weighted by Crippen LogP contribution is 2.15. The molecule has 1 fully saturated rings. The summed E-state index contributed by atoms with van der Waals surface area (Å²) in [5.41, 5.74) is 0.755. The molecule has 1 aromatic carbocycles. The molecule has 0 bridgehead atoms. The molecule has 3 rings (SSSR count). The normalized spacial score (nSPS) is 14.2. The van der Waals surface area contributed by atoms with E-state index in [1.54, 1.807) is 12.3 Å². The molecule has 132 valence electrons. The van der Waals surface area contributed by atoms with Crippen LogP contribution in [0.3, 0.4) is 0 Å². The van der Waals surface area contributed by atoms with Gasteiger partial charge < -0.3 is 15.0 Å². The topological polar surface area (TPSA) is 67.3 Å². The first kappa shape index (κ1) is 17.1. The Morgan fingerprint density at radius 3 is 2.68 bits per heavy atom. The van der Waals surface area contributed by atoms with Crippen LogP contribution in [0.1, 0.15) is 25.0 Å². The van der Waals surface area contributed by atoms with Crippen molar-refractivity contribution in [3.8, 4) is 5.75 Å². The fourth-order valence-corrected chi connectivity index (χ4v) is 2.65. The second kappa shape index (κ2) is 8.41. The van der Waals surface area contributed by atoms with Crippen molar-refractivity contribution in [2.75, 3.05) is 24.6 Å². The molecule has 6 nitrogen and oxygen atoms in total. The molecule has 2 aromatic rings. The predicted octanol–water partition coefficient (Wildman–Crippen LogP) is 2.30. The molecule has 1 aromatic heterocycles. The molecule has 0 aliphatic carbocycles. The van der Waals surface area contributed by atoms with E-state index in [-0.39, 0.29) is 18.3 Å². The summed E-state index contributed by atoms with van der Waals surface area (Å²) in [7, 11) is 0. The van der Waals surface area contributed by atoms with E-state index in [1.807, 2.05) is 0 Å². The first-order valence-electron chi connectivity index (χ1n) is 8.43. The van der Waals surface area contributed by atoms with E-state index in [9.17, 15) is 9.18 Å². The lowest BCUT2D eigenvalue weighted by molar-refractivity contribution is -0.123. The van der Waals surface area contributed by atoms with E-state index < -0.39 is 0 Å². The van der Waals surface area contributed by atoms with Crippen molar-refractivity contribution in [2.24, 2.45) is 0 Å². The number of aromatic nitrogens is 2. The zero-order valence-corrected chi connectivity index (χ0v) is 13.9. The van der Waals surface area contributed by atoms with Crippen LogP contribution in [0.5, 0.6) is 5.75 Å². The smallest absolute Gasteiger partial charge is 0.258 e. The van der Waals surface area contributed by atoms with Crippen molar-refractivity contribution < 1.29 is 13.9 Å². The van der Waals surface area contributed by atoms with Gasteiger partial charge in [-0.15, -0.1) is 0 Å². The number of hydrogen-bond acceptors (Lipinski definition) is 5. The summed E-state index contributed by atoms with van der Waals surface area (Å²) in [6.45, 7) is 2.13. The molecule has 1 saturated heterocycles. The van der Waals surface area contributed by atoms with Gasteiger partial charge in [0, 0.05) is 19.3 Å². The third-order valence-electron chi connectivity index (χ3n) is 3.99. The predicted molar refractivity (Wildman–Crippen MR) is 91.8 cm³/mol. The highest BCUT2D eigenvalue weighted by atomic mass is 19.1. The highest BCUT2D eigenvalue weighted by molar-refractivity contribution is 5.77. The average Bonchev–Trinajstić information content (AvgIpc) is 2.67. The standard InChI is InChI=1S/C18H21FN4O2/c19-14-4-6-16(7-5-14)25-13-17(24)21-12-15-8-9-20-18(22-15)23-10-2-1-3-11-23/h4-9H,1-3,10-13H2,(H,21,24). The summed E-state index contributed by atoms with van der Waals surface area (Å²) < 4.78 is 18.1. The zero-order chi connectivity index (χ0) is 17.5. The molecule has 0 spiro atoms. The molecule has 1 aliphatic heterocycles. The number of hydrogen-bond donors (Lipinski definition) is 1. The number of piperidine rings is 1. The van der Waals surface area contributed by atoms with Crippen LogP contribution in [0, 0.1) is 5.82 Å². The number of nitrogens with one attached hydrogen (secondary N) is 1. The monoisotopic (exact) mass is 344 g/mol. The SMILES string of the molecule is O=C(COc1ccc(F)cc1)NCc1ccnc(N2CCCCC2)n1. The van der Waals surface area contributed by atoms with Gasteiger partial charge in [-0.25, -0.2) is 14.4 Å². The average molecular weight is 344 g/mol. The minimum Gasteiger partial charge on any atom is -0.484 e. The fraction of sp³-hybridized carbons (Fsp3) is 0.389. The Kier molecular flexibility index (Phi) is 5.77. The van der Waals surface area contributed by atoms with Gasteiger partial charge in [0.25, 0.3) is 5.91 Å². The maximum absolute atomic E-state index is 12.8. The zero-order valence-electron chi connectivity index (χ0n) is 13.9. The van der Waals surface area contributed by atoms with E-state index in [1.165, 1.54) is 30.7 Å². The van der Waals surface area contributed by atoms with Crippen LogP contribution in [0.25, 0.3) is 0 Å². The Morgan fingerprint density at radius 1 is 1.16 bits per heavy atom. The summed E-state index contributed by atoms with van der Waals surface area (Å²) in [6.07, 6.45) is 5.28. The molecule has 1 amide bonds. The summed E-state index contributed by atoms with van der Waals surface area (Å²) >= 11 is 0. The number of carbonyl (C=O) groups is 1. The van der Waals surface area contributed by atoms with Crippen LogP contribution in [-0.2, 0) is 11.3 Å². The van der Waals surface area contributed by atoms with Crippen molar-refractivity contribution in [2.45, 2.75) is 25.8 Å². The third-order valence-corrected chi connectivity index (χ3v) is 3.99. The van der Waals surface area contributed by atoms with Gasteiger partial charge in [0.1, 0.15) is 11.6 Å². The molecule has 0 radical (unpaired) electrons. The van der Waals surface area contributed by atoms with E-state index >= 15 is 0 Å². The van der Waals surface area contributed by atoms with Crippen molar-refractivity contribution >= 4 is 11.9 Å². The number of amides is 1. The molecule has 1 N–H and O–H groups in total. The molecule has 0 atom stereocenters. The van der Waals surface area contributed by atoms with E-state index in [0.717, 1.165) is 31.6 Å². The van der Waals surface area contributed by atoms with Crippen LogP contribution in [-0.4, -0.2) is 35.6 Å². The van der Waals surface area contributed by atoms with Crippen molar-refractivity contribution in [1.82, 2.24) is 15.3 Å². The van der Waals surface area contributed by atoms with Gasteiger partial charge in [0.2, 0.25) is 5.95 Å². The number of nitrogens with zero attached hydrogens (tertiary/aromatic N) is 3. The number of carbonyl (C=O) groups excluding carboxylic acids is 1. The molecule has 2 heterocycles. The minimum absolute atomic E-state index is 0.129. The van der Waals surface area contributed by atoms with E-state index in [4.69, 9.17) is 4.74 Å². The molecule has 0 saturated carbocycles. The quantitative estimate of drug-likeness (QED) is 0.871. The highest BCUT2D eigenvalue weighted by Gasteiger charge is 2.13. The molecular formula is C18H21FN4O2. The van der Waals surface area contributed by atoms with Crippen molar-refractivity contribution in [3.63, 3.8) is 0 Å². The maximum Gasteiger partial charge on any atom is 0.258 e. The Morgan fingerprint density at radius 2 is 1.92 bits per heavy atom. The van der Waals surface area contributed by atoms with Gasteiger partial charge in [-0.2, -0.15) is 0 Å². The lowest BCUT2D eigenvalue weighted by Crippen LogP contribution is -2.32. The molecular weight excluding hydrogens is 323 g/mol. The number of benzene rings is 1. The second-order valence-electron chi connectivity index (χ2n) is 5.92. The molecule has 0 unspecified atom stereocenters. The second-order valence-corrected chi connectivity index (χ2v) is 5.92. The third kappa shape index (κ3) is 5.14. The summed E-state index contributed by atoms with van der Waals surface area (Å²) in [5.74, 6) is 0.563. The number of halogens is 1. The Hall–Kier alpha value is -2.70. The van der Waals surface area contributed by atoms with Gasteiger partial charge in [-0.3, -0.25) is 4.79 Å². The Labute approximate surface area is 146 Å². The molecule has 25 heavy (non-hydrogen) atoms. The van der Waals surface area contributed by atoms with Crippen LogP contribution in [0.15, 0.2) is 36.5 Å².